The summed E-state index contributed by atoms with van der Waals surface area (Å²) in [5.74, 6) is 0.530. The van der Waals surface area contributed by atoms with Crippen molar-refractivity contribution < 1.29 is 9.53 Å². The Hall–Kier alpha value is -0.830. The second-order valence-corrected chi connectivity index (χ2v) is 7.29. The summed E-state index contributed by atoms with van der Waals surface area (Å²) in [6.07, 6.45) is 3.97. The SMILES string of the molecule is CCOC(=O)[C@@](C)(CCCCBr)c1ccc(CC(C)C)cc1. The molecule has 0 aliphatic heterocycles. The van der Waals surface area contributed by atoms with Crippen molar-refractivity contribution in [2.24, 2.45) is 5.92 Å². The maximum Gasteiger partial charge on any atom is 0.316 e. The number of halogens is 1. The second kappa shape index (κ2) is 9.34. The van der Waals surface area contributed by atoms with Crippen molar-refractivity contribution in [3.8, 4) is 0 Å². The largest absolute Gasteiger partial charge is 0.465 e. The summed E-state index contributed by atoms with van der Waals surface area (Å²) in [6, 6.07) is 8.50. The zero-order valence-electron chi connectivity index (χ0n) is 14.3. The zero-order valence-corrected chi connectivity index (χ0v) is 15.9. The first-order chi connectivity index (χ1) is 10.4. The highest BCUT2D eigenvalue weighted by Crippen LogP contribution is 2.32. The lowest BCUT2D eigenvalue weighted by atomic mass is 9.78. The van der Waals surface area contributed by atoms with Crippen molar-refractivity contribution in [3.63, 3.8) is 0 Å². The maximum atomic E-state index is 12.5. The Kier molecular flexibility index (Phi) is 8.16. The first-order valence-electron chi connectivity index (χ1n) is 8.26. The van der Waals surface area contributed by atoms with Gasteiger partial charge in [-0.2, -0.15) is 0 Å². The van der Waals surface area contributed by atoms with E-state index in [9.17, 15) is 4.79 Å². The highest BCUT2D eigenvalue weighted by atomic mass is 79.9. The molecule has 1 atom stereocenters. The van der Waals surface area contributed by atoms with Gasteiger partial charge in [0.05, 0.1) is 12.0 Å². The second-order valence-electron chi connectivity index (χ2n) is 6.49. The predicted molar refractivity (Wildman–Crippen MR) is 96.6 cm³/mol. The van der Waals surface area contributed by atoms with Crippen LogP contribution in [0.2, 0.25) is 0 Å². The number of esters is 1. The Bertz CT molecular complexity index is 453. The van der Waals surface area contributed by atoms with E-state index in [1.807, 2.05) is 13.8 Å². The third kappa shape index (κ3) is 5.42. The molecule has 2 nitrogen and oxygen atoms in total. The molecule has 0 spiro atoms. The van der Waals surface area contributed by atoms with Gasteiger partial charge in [0.1, 0.15) is 0 Å². The molecular formula is C19H29BrO2. The summed E-state index contributed by atoms with van der Waals surface area (Å²) in [5.41, 5.74) is 1.84. The third-order valence-corrected chi connectivity index (χ3v) is 4.58. The van der Waals surface area contributed by atoms with Gasteiger partial charge in [-0.1, -0.05) is 60.5 Å². The number of hydrogen-bond donors (Lipinski definition) is 0. The lowest BCUT2D eigenvalue weighted by molar-refractivity contribution is -0.149. The molecule has 0 amide bonds. The first kappa shape index (κ1) is 19.2. The van der Waals surface area contributed by atoms with Crippen LogP contribution in [0.3, 0.4) is 0 Å². The molecule has 0 aliphatic rings. The van der Waals surface area contributed by atoms with E-state index >= 15 is 0 Å². The van der Waals surface area contributed by atoms with E-state index < -0.39 is 5.41 Å². The molecule has 1 aromatic rings. The average Bonchev–Trinajstić information content (AvgIpc) is 2.47. The van der Waals surface area contributed by atoms with Gasteiger partial charge in [0, 0.05) is 5.33 Å². The minimum atomic E-state index is -0.547. The van der Waals surface area contributed by atoms with E-state index in [1.165, 1.54) is 5.56 Å². The van der Waals surface area contributed by atoms with Gasteiger partial charge in [-0.25, -0.2) is 0 Å². The van der Waals surface area contributed by atoms with Crippen LogP contribution in [0.15, 0.2) is 24.3 Å². The molecule has 0 bridgehead atoms. The van der Waals surface area contributed by atoms with E-state index in [1.54, 1.807) is 0 Å². The monoisotopic (exact) mass is 368 g/mol. The third-order valence-electron chi connectivity index (χ3n) is 4.02. The van der Waals surface area contributed by atoms with Crippen molar-refractivity contribution in [1.82, 2.24) is 0 Å². The first-order valence-corrected chi connectivity index (χ1v) is 9.38. The van der Waals surface area contributed by atoms with Crippen molar-refractivity contribution in [3.05, 3.63) is 35.4 Å². The Morgan fingerprint density at radius 1 is 1.23 bits per heavy atom. The van der Waals surface area contributed by atoms with Gasteiger partial charge < -0.3 is 4.74 Å². The molecule has 124 valence electrons. The minimum Gasteiger partial charge on any atom is -0.465 e. The van der Waals surface area contributed by atoms with Gasteiger partial charge in [0.2, 0.25) is 0 Å². The van der Waals surface area contributed by atoms with Gasteiger partial charge in [0.15, 0.2) is 0 Å². The number of unbranched alkanes of at least 4 members (excludes halogenated alkanes) is 1. The van der Waals surface area contributed by atoms with Crippen molar-refractivity contribution >= 4 is 21.9 Å². The molecule has 0 radical (unpaired) electrons. The molecule has 22 heavy (non-hydrogen) atoms. The highest BCUT2D eigenvalue weighted by Gasteiger charge is 2.36. The Morgan fingerprint density at radius 2 is 1.86 bits per heavy atom. The van der Waals surface area contributed by atoms with Gasteiger partial charge in [-0.15, -0.1) is 0 Å². The van der Waals surface area contributed by atoms with Crippen LogP contribution in [0.4, 0.5) is 0 Å². The van der Waals surface area contributed by atoms with Crippen LogP contribution in [-0.2, 0) is 21.4 Å². The summed E-state index contributed by atoms with van der Waals surface area (Å²) >= 11 is 3.46. The Labute approximate surface area is 143 Å². The molecule has 0 unspecified atom stereocenters. The average molecular weight is 369 g/mol. The van der Waals surface area contributed by atoms with Crippen molar-refractivity contribution in [2.45, 2.75) is 58.8 Å². The molecule has 1 rings (SSSR count). The molecular weight excluding hydrogens is 340 g/mol. The highest BCUT2D eigenvalue weighted by molar-refractivity contribution is 9.09. The minimum absolute atomic E-state index is 0.110. The standard InChI is InChI=1S/C19H29BrO2/c1-5-22-18(21)19(4,12-6-7-13-20)17-10-8-16(9-11-17)14-15(2)3/h8-11,15H,5-7,12-14H2,1-4H3/t19-/m0/s1. The van der Waals surface area contributed by atoms with Gasteiger partial charge in [-0.05, 0) is 50.2 Å². The molecule has 0 aromatic heterocycles. The van der Waals surface area contributed by atoms with Crippen LogP contribution >= 0.6 is 15.9 Å². The lowest BCUT2D eigenvalue weighted by Crippen LogP contribution is -2.34. The normalized spacial score (nSPS) is 13.9. The Balaban J connectivity index is 2.96. The fraction of sp³-hybridized carbons (Fsp3) is 0.632. The van der Waals surface area contributed by atoms with E-state index in [2.05, 4.69) is 54.0 Å². The van der Waals surface area contributed by atoms with E-state index in [0.717, 1.165) is 36.6 Å². The Morgan fingerprint density at radius 3 is 2.36 bits per heavy atom. The van der Waals surface area contributed by atoms with E-state index in [4.69, 9.17) is 4.74 Å². The van der Waals surface area contributed by atoms with Crippen molar-refractivity contribution in [2.75, 3.05) is 11.9 Å². The van der Waals surface area contributed by atoms with E-state index in [-0.39, 0.29) is 5.97 Å². The number of alkyl halides is 1. The van der Waals surface area contributed by atoms with Crippen LogP contribution in [0.5, 0.6) is 0 Å². The van der Waals surface area contributed by atoms with Crippen LogP contribution in [-0.4, -0.2) is 17.9 Å². The summed E-state index contributed by atoms with van der Waals surface area (Å²) in [5, 5.41) is 0.971. The van der Waals surface area contributed by atoms with Crippen LogP contribution in [0.1, 0.15) is 58.1 Å². The molecule has 0 heterocycles. The number of benzene rings is 1. The predicted octanol–water partition coefficient (Wildman–Crippen LogP) is 5.27. The summed E-state index contributed by atoms with van der Waals surface area (Å²) in [6.45, 7) is 8.74. The molecule has 1 aromatic carbocycles. The fourth-order valence-corrected chi connectivity index (χ4v) is 3.10. The van der Waals surface area contributed by atoms with Gasteiger partial charge in [0.25, 0.3) is 0 Å². The zero-order chi connectivity index (χ0) is 16.6. The van der Waals surface area contributed by atoms with Crippen LogP contribution < -0.4 is 0 Å². The van der Waals surface area contributed by atoms with Gasteiger partial charge >= 0.3 is 5.97 Å². The number of hydrogen-bond acceptors (Lipinski definition) is 2. The summed E-state index contributed by atoms with van der Waals surface area (Å²) in [7, 11) is 0. The summed E-state index contributed by atoms with van der Waals surface area (Å²) in [4.78, 5) is 12.5. The van der Waals surface area contributed by atoms with Crippen LogP contribution in [0, 0.1) is 5.92 Å². The topological polar surface area (TPSA) is 26.3 Å². The van der Waals surface area contributed by atoms with Crippen LogP contribution in [0.25, 0.3) is 0 Å². The number of ether oxygens (including phenoxy) is 1. The lowest BCUT2D eigenvalue weighted by Gasteiger charge is -2.28. The number of carbonyl (C=O) groups is 1. The summed E-state index contributed by atoms with van der Waals surface area (Å²) < 4.78 is 5.34. The molecule has 3 heteroatoms. The molecule has 0 saturated heterocycles. The van der Waals surface area contributed by atoms with E-state index in [0.29, 0.717) is 12.5 Å². The fourth-order valence-electron chi connectivity index (χ4n) is 2.71. The van der Waals surface area contributed by atoms with Gasteiger partial charge in [-0.3, -0.25) is 4.79 Å². The molecule has 0 saturated carbocycles. The van der Waals surface area contributed by atoms with Crippen molar-refractivity contribution in [1.29, 1.82) is 0 Å². The number of rotatable bonds is 9. The molecule has 0 aliphatic carbocycles. The molecule has 0 fully saturated rings. The number of carbonyl (C=O) groups excluding carboxylic acids is 1. The maximum absolute atomic E-state index is 12.5. The molecule has 0 N–H and O–H groups in total. The smallest absolute Gasteiger partial charge is 0.316 e. The quantitative estimate of drug-likeness (QED) is 0.337.